The topological polar surface area (TPSA) is 66.9 Å². The summed E-state index contributed by atoms with van der Waals surface area (Å²) < 4.78 is 0. The van der Waals surface area contributed by atoms with Crippen molar-refractivity contribution < 1.29 is 4.79 Å². The van der Waals surface area contributed by atoms with E-state index in [1.165, 1.54) is 0 Å². The van der Waals surface area contributed by atoms with E-state index in [4.69, 9.17) is 0 Å². The molecule has 0 bridgehead atoms. The second-order valence-corrected chi connectivity index (χ2v) is 6.81. The van der Waals surface area contributed by atoms with Gasteiger partial charge in [0.2, 0.25) is 0 Å². The van der Waals surface area contributed by atoms with Crippen molar-refractivity contribution in [1.82, 2.24) is 20.6 Å². The highest BCUT2D eigenvalue weighted by atomic mass is 32.1. The lowest BCUT2D eigenvalue weighted by Gasteiger charge is -2.14. The van der Waals surface area contributed by atoms with Crippen LogP contribution in [0.25, 0.3) is 0 Å². The molecule has 114 valence electrons. The maximum Gasteiger partial charge on any atom is 0.315 e. The Morgan fingerprint density at radius 1 is 1.33 bits per heavy atom. The van der Waals surface area contributed by atoms with Crippen molar-refractivity contribution >= 4 is 28.7 Å². The molecule has 0 aliphatic carbocycles. The molecule has 2 aromatic rings. The van der Waals surface area contributed by atoms with E-state index in [1.54, 1.807) is 28.9 Å². The van der Waals surface area contributed by atoms with Crippen LogP contribution in [0, 0.1) is 0 Å². The Hall–Kier alpha value is -1.47. The van der Waals surface area contributed by atoms with Gasteiger partial charge in [0.25, 0.3) is 0 Å². The van der Waals surface area contributed by atoms with Gasteiger partial charge in [0.15, 0.2) is 0 Å². The highest BCUT2D eigenvalue weighted by Gasteiger charge is 2.15. The number of urea groups is 1. The molecule has 7 heteroatoms. The standard InChI is InChI=1S/C14H20N4OS2/c1-4-11(13-15-5-6-20-13)18-14(19)16-7-10-8-21-12(17-10)9(2)3/h5-6,8-9,11H,4,7H2,1-3H3,(H2,16,18,19). The van der Waals surface area contributed by atoms with Crippen LogP contribution in [0.15, 0.2) is 17.0 Å². The van der Waals surface area contributed by atoms with Crippen molar-refractivity contribution in [3.63, 3.8) is 0 Å². The van der Waals surface area contributed by atoms with Crippen molar-refractivity contribution in [3.05, 3.63) is 32.7 Å². The molecular formula is C14H20N4OS2. The highest BCUT2D eigenvalue weighted by molar-refractivity contribution is 7.10. The molecule has 2 rings (SSSR count). The van der Waals surface area contributed by atoms with Gasteiger partial charge < -0.3 is 10.6 Å². The number of thiazole rings is 2. The molecule has 2 heterocycles. The van der Waals surface area contributed by atoms with E-state index in [0.29, 0.717) is 12.5 Å². The molecule has 2 amide bonds. The SMILES string of the molecule is CCC(NC(=O)NCc1csc(C(C)C)n1)c1nccs1. The minimum Gasteiger partial charge on any atom is -0.332 e. The Kier molecular flexibility index (Phi) is 5.69. The van der Waals surface area contributed by atoms with Gasteiger partial charge in [-0.1, -0.05) is 20.8 Å². The summed E-state index contributed by atoms with van der Waals surface area (Å²) >= 11 is 3.19. The van der Waals surface area contributed by atoms with E-state index in [0.717, 1.165) is 22.1 Å². The number of nitrogens with zero attached hydrogens (tertiary/aromatic N) is 2. The number of amides is 2. The molecule has 21 heavy (non-hydrogen) atoms. The van der Waals surface area contributed by atoms with E-state index in [-0.39, 0.29) is 12.1 Å². The Morgan fingerprint density at radius 3 is 2.71 bits per heavy atom. The molecule has 2 aromatic heterocycles. The molecule has 0 saturated carbocycles. The van der Waals surface area contributed by atoms with Crippen LogP contribution in [0.5, 0.6) is 0 Å². The van der Waals surface area contributed by atoms with E-state index in [9.17, 15) is 4.79 Å². The summed E-state index contributed by atoms with van der Waals surface area (Å²) in [5, 5.41) is 11.7. The largest absolute Gasteiger partial charge is 0.332 e. The molecule has 0 aromatic carbocycles. The normalized spacial score (nSPS) is 12.4. The van der Waals surface area contributed by atoms with Crippen molar-refractivity contribution in [2.75, 3.05) is 0 Å². The predicted octanol–water partition coefficient (Wildman–Crippen LogP) is 3.67. The zero-order valence-corrected chi connectivity index (χ0v) is 14.1. The Morgan fingerprint density at radius 2 is 2.14 bits per heavy atom. The van der Waals surface area contributed by atoms with Gasteiger partial charge in [0.1, 0.15) is 5.01 Å². The van der Waals surface area contributed by atoms with Crippen molar-refractivity contribution in [1.29, 1.82) is 0 Å². The van der Waals surface area contributed by atoms with Gasteiger partial charge in [-0.25, -0.2) is 14.8 Å². The third-order valence-electron chi connectivity index (χ3n) is 2.96. The lowest BCUT2D eigenvalue weighted by atomic mass is 10.2. The maximum absolute atomic E-state index is 12.0. The van der Waals surface area contributed by atoms with Crippen molar-refractivity contribution in [2.24, 2.45) is 0 Å². The number of rotatable bonds is 6. The van der Waals surface area contributed by atoms with Crippen LogP contribution in [-0.2, 0) is 6.54 Å². The number of nitrogens with one attached hydrogen (secondary N) is 2. The average molecular weight is 324 g/mol. The van der Waals surface area contributed by atoms with Gasteiger partial charge in [0, 0.05) is 22.9 Å². The Labute approximate surface area is 132 Å². The lowest BCUT2D eigenvalue weighted by molar-refractivity contribution is 0.236. The molecule has 2 N–H and O–H groups in total. The summed E-state index contributed by atoms with van der Waals surface area (Å²) in [5.41, 5.74) is 0.904. The minimum absolute atomic E-state index is 0.0355. The fourth-order valence-corrected chi connectivity index (χ4v) is 3.40. The first-order chi connectivity index (χ1) is 10.1. The smallest absolute Gasteiger partial charge is 0.315 e. The minimum atomic E-state index is -0.184. The summed E-state index contributed by atoms with van der Waals surface area (Å²) in [7, 11) is 0. The number of hydrogen-bond acceptors (Lipinski definition) is 5. The molecule has 0 saturated heterocycles. The quantitative estimate of drug-likeness (QED) is 0.852. The second-order valence-electron chi connectivity index (χ2n) is 4.99. The fourth-order valence-electron chi connectivity index (χ4n) is 1.79. The monoisotopic (exact) mass is 324 g/mol. The van der Waals surface area contributed by atoms with E-state index < -0.39 is 0 Å². The zero-order valence-electron chi connectivity index (χ0n) is 12.4. The van der Waals surface area contributed by atoms with E-state index >= 15 is 0 Å². The summed E-state index contributed by atoms with van der Waals surface area (Å²) in [5.74, 6) is 0.423. The molecule has 0 aliphatic rings. The van der Waals surface area contributed by atoms with Crippen molar-refractivity contribution in [3.8, 4) is 0 Å². The van der Waals surface area contributed by atoms with Crippen LogP contribution in [0.3, 0.4) is 0 Å². The number of carbonyl (C=O) groups is 1. The first-order valence-corrected chi connectivity index (χ1v) is 8.74. The molecule has 0 spiro atoms. The first kappa shape index (κ1) is 15.9. The van der Waals surface area contributed by atoms with E-state index in [2.05, 4.69) is 34.4 Å². The van der Waals surface area contributed by atoms with Crippen LogP contribution in [-0.4, -0.2) is 16.0 Å². The molecule has 0 aliphatic heterocycles. The number of hydrogen-bond donors (Lipinski definition) is 2. The predicted molar refractivity (Wildman–Crippen MR) is 86.7 cm³/mol. The first-order valence-electron chi connectivity index (χ1n) is 6.98. The lowest BCUT2D eigenvalue weighted by Crippen LogP contribution is -2.37. The molecule has 0 radical (unpaired) electrons. The number of aromatic nitrogens is 2. The Bertz CT molecular complexity index is 565. The summed E-state index contributed by atoms with van der Waals surface area (Å²) in [6.07, 6.45) is 2.57. The van der Waals surface area contributed by atoms with E-state index in [1.807, 2.05) is 17.7 Å². The van der Waals surface area contributed by atoms with Crippen LogP contribution in [0.1, 0.15) is 54.9 Å². The number of carbonyl (C=O) groups excluding carboxylic acids is 1. The zero-order chi connectivity index (χ0) is 15.2. The van der Waals surface area contributed by atoms with Crippen molar-refractivity contribution in [2.45, 2.75) is 45.7 Å². The Balaban J connectivity index is 1.83. The molecular weight excluding hydrogens is 304 g/mol. The van der Waals surface area contributed by atoms with Gasteiger partial charge in [-0.05, 0) is 6.42 Å². The van der Waals surface area contributed by atoms with Crippen LogP contribution >= 0.6 is 22.7 Å². The highest BCUT2D eigenvalue weighted by Crippen LogP contribution is 2.20. The van der Waals surface area contributed by atoms with Crippen LogP contribution in [0.4, 0.5) is 4.79 Å². The molecule has 0 fully saturated rings. The fraction of sp³-hybridized carbons (Fsp3) is 0.500. The maximum atomic E-state index is 12.0. The molecule has 5 nitrogen and oxygen atoms in total. The summed E-state index contributed by atoms with van der Waals surface area (Å²) in [6.45, 7) is 6.70. The van der Waals surface area contributed by atoms with Gasteiger partial charge >= 0.3 is 6.03 Å². The molecule has 1 atom stereocenters. The third-order valence-corrected chi connectivity index (χ3v) is 5.04. The summed E-state index contributed by atoms with van der Waals surface area (Å²) in [6, 6.07) is -0.220. The average Bonchev–Trinajstić information content (AvgIpc) is 3.13. The molecule has 1 unspecified atom stereocenters. The third kappa shape index (κ3) is 4.50. The second kappa shape index (κ2) is 7.51. The van der Waals surface area contributed by atoms with Gasteiger partial charge in [0.05, 0.1) is 23.3 Å². The van der Waals surface area contributed by atoms with Crippen LogP contribution < -0.4 is 10.6 Å². The van der Waals surface area contributed by atoms with Gasteiger partial charge in [-0.2, -0.15) is 0 Å². The summed E-state index contributed by atoms with van der Waals surface area (Å²) in [4.78, 5) is 20.7. The van der Waals surface area contributed by atoms with Crippen LogP contribution in [0.2, 0.25) is 0 Å². The van der Waals surface area contributed by atoms with Gasteiger partial charge in [-0.3, -0.25) is 0 Å². The van der Waals surface area contributed by atoms with Gasteiger partial charge in [-0.15, -0.1) is 22.7 Å².